The molecule has 29 heavy (non-hydrogen) atoms. The van der Waals surface area contributed by atoms with E-state index < -0.39 is 23.9 Å². The highest BCUT2D eigenvalue weighted by Gasteiger charge is 2.35. The average molecular weight is 403 g/mol. The van der Waals surface area contributed by atoms with Crippen molar-refractivity contribution in [3.63, 3.8) is 0 Å². The van der Waals surface area contributed by atoms with E-state index in [1.165, 1.54) is 9.47 Å². The van der Waals surface area contributed by atoms with Crippen LogP contribution in [0.3, 0.4) is 0 Å². The van der Waals surface area contributed by atoms with Gasteiger partial charge in [-0.25, -0.2) is 19.1 Å². The lowest BCUT2D eigenvalue weighted by molar-refractivity contribution is -0.00139. The highest BCUT2D eigenvalue weighted by atomic mass is 16.6. The third-order valence-electron chi connectivity index (χ3n) is 4.76. The zero-order chi connectivity index (χ0) is 21.3. The van der Waals surface area contributed by atoms with Crippen LogP contribution in [0.4, 0.5) is 9.59 Å². The molecule has 2 unspecified atom stereocenters. The summed E-state index contributed by atoms with van der Waals surface area (Å²) in [6.07, 6.45) is 1.89. The zero-order valence-electron chi connectivity index (χ0n) is 17.6. The Bertz CT molecular complexity index is 899. The van der Waals surface area contributed by atoms with E-state index in [0.717, 1.165) is 10.9 Å². The van der Waals surface area contributed by atoms with Crippen LogP contribution in [-0.4, -0.2) is 62.6 Å². The van der Waals surface area contributed by atoms with E-state index in [0.29, 0.717) is 18.6 Å². The number of ether oxygens (including phenoxy) is 2. The topological polar surface area (TPSA) is 93.9 Å². The number of β-amino-alcohol motifs (C(OH)–C–C–N with tert-alkyl or cyclic N) is 1. The summed E-state index contributed by atoms with van der Waals surface area (Å²) in [5.41, 5.74) is 0.731. The molecule has 0 bridgehead atoms. The van der Waals surface area contributed by atoms with E-state index in [1.54, 1.807) is 32.3 Å². The standard InChI is InChI=1S/C21H29N3O5/c1-13(2)28-20(27)24-11-16(15-7-6-9-22-18(15)24)14-8-10-23(12-17(14)25)19(26)29-21(3,4)5/h6-7,9,11,13-14,17,25H,8,10,12H2,1-5H3. The van der Waals surface area contributed by atoms with Gasteiger partial charge in [-0.2, -0.15) is 0 Å². The van der Waals surface area contributed by atoms with E-state index in [9.17, 15) is 14.7 Å². The number of piperidine rings is 1. The predicted octanol–water partition coefficient (Wildman–Crippen LogP) is 3.51. The first-order valence-electron chi connectivity index (χ1n) is 9.90. The first-order chi connectivity index (χ1) is 13.6. The van der Waals surface area contributed by atoms with Gasteiger partial charge in [0.25, 0.3) is 0 Å². The number of amides is 1. The number of aromatic nitrogens is 2. The summed E-state index contributed by atoms with van der Waals surface area (Å²) in [5, 5.41) is 11.6. The van der Waals surface area contributed by atoms with Crippen LogP contribution in [0.15, 0.2) is 24.5 Å². The first kappa shape index (κ1) is 21.1. The Morgan fingerprint density at radius 3 is 2.62 bits per heavy atom. The van der Waals surface area contributed by atoms with Gasteiger partial charge in [-0.1, -0.05) is 0 Å². The lowest BCUT2D eigenvalue weighted by atomic mass is 9.87. The number of carbonyl (C=O) groups excluding carboxylic acids is 2. The van der Waals surface area contributed by atoms with Crippen molar-refractivity contribution in [3.05, 3.63) is 30.1 Å². The number of aliphatic hydroxyl groups is 1. The van der Waals surface area contributed by atoms with Crippen LogP contribution in [0.2, 0.25) is 0 Å². The Labute approximate surface area is 170 Å². The Balaban J connectivity index is 1.84. The number of likely N-dealkylation sites (tertiary alicyclic amines) is 1. The van der Waals surface area contributed by atoms with Gasteiger partial charge in [0.1, 0.15) is 11.2 Å². The number of fused-ring (bicyclic) bond motifs is 1. The fourth-order valence-electron chi connectivity index (χ4n) is 3.56. The second-order valence-electron chi connectivity index (χ2n) is 8.65. The van der Waals surface area contributed by atoms with Crippen LogP contribution in [0.1, 0.15) is 52.5 Å². The lowest BCUT2D eigenvalue weighted by Crippen LogP contribution is -2.47. The summed E-state index contributed by atoms with van der Waals surface area (Å²) < 4.78 is 12.1. The second-order valence-corrected chi connectivity index (χ2v) is 8.65. The van der Waals surface area contributed by atoms with Crippen molar-refractivity contribution in [3.8, 4) is 0 Å². The van der Waals surface area contributed by atoms with Crippen molar-refractivity contribution in [2.45, 2.75) is 64.8 Å². The second kappa shape index (κ2) is 8.02. The molecule has 2 atom stereocenters. The van der Waals surface area contributed by atoms with Crippen molar-refractivity contribution in [1.82, 2.24) is 14.5 Å². The highest BCUT2D eigenvalue weighted by Crippen LogP contribution is 2.34. The highest BCUT2D eigenvalue weighted by molar-refractivity contribution is 5.89. The Hall–Kier alpha value is -2.61. The number of hydrogen-bond donors (Lipinski definition) is 1. The van der Waals surface area contributed by atoms with Gasteiger partial charge in [-0.15, -0.1) is 0 Å². The largest absolute Gasteiger partial charge is 0.446 e. The molecule has 1 N–H and O–H groups in total. The molecule has 1 aliphatic heterocycles. The molecule has 1 fully saturated rings. The smallest absolute Gasteiger partial charge is 0.419 e. The van der Waals surface area contributed by atoms with Crippen LogP contribution < -0.4 is 0 Å². The Morgan fingerprint density at radius 2 is 2.00 bits per heavy atom. The van der Waals surface area contributed by atoms with E-state index in [2.05, 4.69) is 4.98 Å². The van der Waals surface area contributed by atoms with Gasteiger partial charge < -0.3 is 19.5 Å². The number of nitrogens with zero attached hydrogens (tertiary/aromatic N) is 3. The van der Waals surface area contributed by atoms with E-state index >= 15 is 0 Å². The summed E-state index contributed by atoms with van der Waals surface area (Å²) in [6.45, 7) is 9.63. The molecular weight excluding hydrogens is 374 g/mol. The molecule has 3 heterocycles. The molecule has 8 nitrogen and oxygen atoms in total. The summed E-state index contributed by atoms with van der Waals surface area (Å²) in [6, 6.07) is 3.68. The van der Waals surface area contributed by atoms with Gasteiger partial charge in [0.05, 0.1) is 18.8 Å². The van der Waals surface area contributed by atoms with E-state index in [4.69, 9.17) is 9.47 Å². The lowest BCUT2D eigenvalue weighted by Gasteiger charge is -2.36. The number of carbonyl (C=O) groups is 2. The van der Waals surface area contributed by atoms with Crippen LogP contribution >= 0.6 is 0 Å². The van der Waals surface area contributed by atoms with E-state index in [-0.39, 0.29) is 18.6 Å². The minimum atomic E-state index is -0.781. The monoisotopic (exact) mass is 403 g/mol. The number of pyridine rings is 1. The average Bonchev–Trinajstić information content (AvgIpc) is 2.99. The molecule has 0 aliphatic carbocycles. The van der Waals surface area contributed by atoms with Gasteiger partial charge in [0.2, 0.25) is 0 Å². The molecule has 3 rings (SSSR count). The molecule has 0 aromatic carbocycles. The first-order valence-corrected chi connectivity index (χ1v) is 9.90. The maximum atomic E-state index is 12.5. The van der Waals surface area contributed by atoms with Gasteiger partial charge in [-0.3, -0.25) is 0 Å². The third kappa shape index (κ3) is 4.70. The molecule has 1 saturated heterocycles. The van der Waals surface area contributed by atoms with Gasteiger partial charge in [-0.05, 0) is 58.7 Å². The normalized spacial score (nSPS) is 20.2. The van der Waals surface area contributed by atoms with Gasteiger partial charge in [0, 0.05) is 30.2 Å². The molecule has 0 spiro atoms. The fraction of sp³-hybridized carbons (Fsp3) is 0.571. The molecule has 158 valence electrons. The van der Waals surface area contributed by atoms with Crippen LogP contribution in [0.5, 0.6) is 0 Å². The Morgan fingerprint density at radius 1 is 1.28 bits per heavy atom. The van der Waals surface area contributed by atoms with Crippen molar-refractivity contribution in [1.29, 1.82) is 0 Å². The number of hydrogen-bond acceptors (Lipinski definition) is 6. The molecule has 1 amide bonds. The molecule has 2 aromatic rings. The van der Waals surface area contributed by atoms with Crippen molar-refractivity contribution in [2.24, 2.45) is 0 Å². The van der Waals surface area contributed by atoms with Crippen molar-refractivity contribution >= 4 is 23.2 Å². The quantitative estimate of drug-likeness (QED) is 0.825. The SMILES string of the molecule is CC(C)OC(=O)n1cc(C2CCN(C(=O)OC(C)(C)C)CC2O)c2cccnc21. The predicted molar refractivity (Wildman–Crippen MR) is 108 cm³/mol. The maximum absolute atomic E-state index is 12.5. The molecule has 8 heteroatoms. The number of rotatable bonds is 2. The number of aliphatic hydroxyl groups excluding tert-OH is 1. The van der Waals surface area contributed by atoms with Crippen molar-refractivity contribution in [2.75, 3.05) is 13.1 Å². The minimum Gasteiger partial charge on any atom is -0.446 e. The van der Waals surface area contributed by atoms with Crippen LogP contribution in [0, 0.1) is 0 Å². The summed E-state index contributed by atoms with van der Waals surface area (Å²) >= 11 is 0. The molecule has 2 aromatic heterocycles. The summed E-state index contributed by atoms with van der Waals surface area (Å²) in [7, 11) is 0. The maximum Gasteiger partial charge on any atom is 0.419 e. The molecule has 0 radical (unpaired) electrons. The van der Waals surface area contributed by atoms with Crippen molar-refractivity contribution < 1.29 is 24.2 Å². The summed E-state index contributed by atoms with van der Waals surface area (Å²) in [5.74, 6) is -0.228. The Kier molecular flexibility index (Phi) is 5.84. The van der Waals surface area contributed by atoms with Crippen LogP contribution in [-0.2, 0) is 9.47 Å². The third-order valence-corrected chi connectivity index (χ3v) is 4.76. The van der Waals surface area contributed by atoms with Gasteiger partial charge in [0.15, 0.2) is 0 Å². The molecular formula is C21H29N3O5. The molecule has 0 saturated carbocycles. The fourth-order valence-corrected chi connectivity index (χ4v) is 3.56. The summed E-state index contributed by atoms with van der Waals surface area (Å²) in [4.78, 5) is 30.7. The minimum absolute atomic E-state index is 0.170. The molecule has 1 aliphatic rings. The van der Waals surface area contributed by atoms with Crippen LogP contribution in [0.25, 0.3) is 11.0 Å². The van der Waals surface area contributed by atoms with E-state index in [1.807, 2.05) is 26.8 Å². The zero-order valence-corrected chi connectivity index (χ0v) is 17.6. The van der Waals surface area contributed by atoms with Gasteiger partial charge >= 0.3 is 12.2 Å².